The minimum Gasteiger partial charge on any atom is -0.351 e. The third-order valence-corrected chi connectivity index (χ3v) is 3.07. The smallest absolute Gasteiger partial charge is 0.251 e. The number of likely N-dealkylation sites (N-methyl/N-ethyl adjacent to an activating group) is 1. The van der Waals surface area contributed by atoms with E-state index in [9.17, 15) is 4.79 Å². The van der Waals surface area contributed by atoms with E-state index in [1.54, 1.807) is 12.1 Å². The quantitative estimate of drug-likeness (QED) is 0.762. The summed E-state index contributed by atoms with van der Waals surface area (Å²) in [5.41, 5.74) is 6.78. The van der Waals surface area contributed by atoms with Crippen molar-refractivity contribution in [2.75, 3.05) is 32.7 Å². The van der Waals surface area contributed by atoms with Crippen molar-refractivity contribution in [2.24, 2.45) is 5.73 Å². The average Bonchev–Trinajstić information content (AvgIpc) is 2.49. The van der Waals surface area contributed by atoms with E-state index in [4.69, 9.17) is 5.73 Å². The summed E-state index contributed by atoms with van der Waals surface area (Å²) < 4.78 is 0. The minimum absolute atomic E-state index is 0.0615. The minimum atomic E-state index is -0.0615. The predicted molar refractivity (Wildman–Crippen MR) is 82.5 cm³/mol. The van der Waals surface area contributed by atoms with Gasteiger partial charge >= 0.3 is 0 Å². The zero-order valence-electron chi connectivity index (χ0n) is 12.3. The molecule has 0 saturated carbocycles. The van der Waals surface area contributed by atoms with E-state index in [1.807, 2.05) is 12.1 Å². The Morgan fingerprint density at radius 2 is 2.10 bits per heavy atom. The summed E-state index contributed by atoms with van der Waals surface area (Å²) in [4.78, 5) is 14.3. The van der Waals surface area contributed by atoms with Crippen molar-refractivity contribution in [1.29, 1.82) is 0 Å². The summed E-state index contributed by atoms with van der Waals surface area (Å²) >= 11 is 0. The van der Waals surface area contributed by atoms with Crippen molar-refractivity contribution in [1.82, 2.24) is 10.2 Å². The molecule has 20 heavy (non-hydrogen) atoms. The first-order valence-corrected chi connectivity index (χ1v) is 7.00. The van der Waals surface area contributed by atoms with Gasteiger partial charge < -0.3 is 16.0 Å². The van der Waals surface area contributed by atoms with E-state index in [2.05, 4.69) is 35.9 Å². The van der Waals surface area contributed by atoms with Gasteiger partial charge in [0.05, 0.1) is 6.54 Å². The van der Waals surface area contributed by atoms with Gasteiger partial charge in [-0.2, -0.15) is 0 Å². The summed E-state index contributed by atoms with van der Waals surface area (Å²) in [6, 6.07) is 7.28. The van der Waals surface area contributed by atoms with E-state index in [-0.39, 0.29) is 5.91 Å². The Hall–Kier alpha value is -1.83. The summed E-state index contributed by atoms with van der Waals surface area (Å²) in [7, 11) is 0. The average molecular weight is 273 g/mol. The number of benzene rings is 1. The molecule has 0 unspecified atom stereocenters. The van der Waals surface area contributed by atoms with E-state index in [0.29, 0.717) is 18.7 Å². The Morgan fingerprint density at radius 1 is 1.35 bits per heavy atom. The summed E-state index contributed by atoms with van der Waals surface area (Å²) in [6.07, 6.45) is 0. The van der Waals surface area contributed by atoms with E-state index in [1.165, 1.54) is 0 Å². The highest BCUT2D eigenvalue weighted by Crippen LogP contribution is 2.04. The number of rotatable bonds is 6. The molecule has 1 amide bonds. The molecule has 1 aromatic rings. The third kappa shape index (κ3) is 5.43. The lowest BCUT2D eigenvalue weighted by Crippen LogP contribution is -2.34. The lowest BCUT2D eigenvalue weighted by atomic mass is 10.1. The third-order valence-electron chi connectivity index (χ3n) is 3.07. The van der Waals surface area contributed by atoms with Crippen molar-refractivity contribution in [3.63, 3.8) is 0 Å². The van der Waals surface area contributed by atoms with Crippen LogP contribution >= 0.6 is 0 Å². The highest BCUT2D eigenvalue weighted by Gasteiger charge is 2.06. The SMILES string of the molecule is CCN(CC)CCNC(=O)c1cccc(C#CCN)c1. The molecule has 1 rings (SSSR count). The number of carbonyl (C=O) groups excluding carboxylic acids is 1. The molecule has 4 heteroatoms. The molecule has 0 aliphatic rings. The van der Waals surface area contributed by atoms with Gasteiger partial charge in [-0.3, -0.25) is 4.79 Å². The van der Waals surface area contributed by atoms with E-state index < -0.39 is 0 Å². The number of nitrogens with two attached hydrogens (primary N) is 1. The first-order chi connectivity index (χ1) is 9.71. The molecule has 0 aromatic heterocycles. The molecule has 0 radical (unpaired) electrons. The van der Waals surface area contributed by atoms with Gasteiger partial charge in [0, 0.05) is 24.2 Å². The van der Waals surface area contributed by atoms with Crippen LogP contribution in [0.1, 0.15) is 29.8 Å². The lowest BCUT2D eigenvalue weighted by molar-refractivity contribution is 0.0949. The molecule has 3 N–H and O–H groups in total. The van der Waals surface area contributed by atoms with Gasteiger partial charge in [0.15, 0.2) is 0 Å². The number of nitrogens with zero attached hydrogens (tertiary/aromatic N) is 1. The number of hydrogen-bond donors (Lipinski definition) is 2. The van der Waals surface area contributed by atoms with Gasteiger partial charge in [-0.15, -0.1) is 0 Å². The molecule has 0 heterocycles. The molecule has 1 aromatic carbocycles. The van der Waals surface area contributed by atoms with Crippen LogP contribution in [0.5, 0.6) is 0 Å². The highest BCUT2D eigenvalue weighted by atomic mass is 16.1. The van der Waals surface area contributed by atoms with Gasteiger partial charge in [-0.25, -0.2) is 0 Å². The Bertz CT molecular complexity index is 484. The number of carbonyl (C=O) groups is 1. The molecule has 0 fully saturated rings. The molecule has 4 nitrogen and oxygen atoms in total. The zero-order valence-corrected chi connectivity index (χ0v) is 12.3. The molecular formula is C16H23N3O. The largest absolute Gasteiger partial charge is 0.351 e. The van der Waals surface area contributed by atoms with Crippen LogP contribution in [-0.2, 0) is 0 Å². The van der Waals surface area contributed by atoms with Crippen molar-refractivity contribution in [3.8, 4) is 11.8 Å². The molecular weight excluding hydrogens is 250 g/mol. The maximum absolute atomic E-state index is 12.0. The second kappa shape index (κ2) is 9.13. The van der Waals surface area contributed by atoms with E-state index >= 15 is 0 Å². The fourth-order valence-electron chi connectivity index (χ4n) is 1.86. The number of nitrogens with one attached hydrogen (secondary N) is 1. The van der Waals surface area contributed by atoms with Gasteiger partial charge in [0.25, 0.3) is 5.91 Å². The topological polar surface area (TPSA) is 58.4 Å². The molecule has 0 atom stereocenters. The Labute approximate surface area is 121 Å². The molecule has 0 bridgehead atoms. The van der Waals surface area contributed by atoms with E-state index in [0.717, 1.165) is 25.2 Å². The van der Waals surface area contributed by atoms with Crippen LogP contribution in [-0.4, -0.2) is 43.5 Å². The predicted octanol–water partition coefficient (Wildman–Crippen LogP) is 1.07. The van der Waals surface area contributed by atoms with Crippen molar-refractivity contribution in [2.45, 2.75) is 13.8 Å². The Kier molecular flexibility index (Phi) is 7.41. The highest BCUT2D eigenvalue weighted by molar-refractivity contribution is 5.94. The van der Waals surface area contributed by atoms with Crippen molar-refractivity contribution >= 4 is 5.91 Å². The summed E-state index contributed by atoms with van der Waals surface area (Å²) in [5, 5.41) is 2.93. The van der Waals surface area contributed by atoms with Crippen molar-refractivity contribution in [3.05, 3.63) is 35.4 Å². The Balaban J connectivity index is 2.55. The Morgan fingerprint density at radius 3 is 2.75 bits per heavy atom. The van der Waals surface area contributed by atoms with Crippen molar-refractivity contribution < 1.29 is 4.79 Å². The maximum atomic E-state index is 12.0. The lowest BCUT2D eigenvalue weighted by Gasteiger charge is -2.17. The van der Waals surface area contributed by atoms with Crippen LogP contribution in [0.4, 0.5) is 0 Å². The number of amides is 1. The monoisotopic (exact) mass is 273 g/mol. The van der Waals surface area contributed by atoms with Gasteiger partial charge in [0.2, 0.25) is 0 Å². The number of hydrogen-bond acceptors (Lipinski definition) is 3. The second-order valence-electron chi connectivity index (χ2n) is 4.37. The fraction of sp³-hybridized carbons (Fsp3) is 0.438. The van der Waals surface area contributed by atoms with Crippen LogP contribution in [0, 0.1) is 11.8 Å². The summed E-state index contributed by atoms with van der Waals surface area (Å²) in [5.74, 6) is 5.65. The van der Waals surface area contributed by atoms with Crippen LogP contribution in [0.25, 0.3) is 0 Å². The zero-order chi connectivity index (χ0) is 14.8. The standard InChI is InChI=1S/C16H23N3O/c1-3-19(4-2)12-11-18-16(20)15-9-5-7-14(13-15)8-6-10-17/h5,7,9,13H,3-4,10-12,17H2,1-2H3,(H,18,20). The molecule has 0 spiro atoms. The summed E-state index contributed by atoms with van der Waals surface area (Å²) in [6.45, 7) is 8.06. The first kappa shape index (κ1) is 16.2. The molecule has 0 aliphatic heterocycles. The molecule has 108 valence electrons. The molecule has 0 saturated heterocycles. The van der Waals surface area contributed by atoms with Gasteiger partial charge in [-0.1, -0.05) is 31.8 Å². The van der Waals surface area contributed by atoms with Crippen LogP contribution < -0.4 is 11.1 Å². The van der Waals surface area contributed by atoms with Crippen LogP contribution in [0.15, 0.2) is 24.3 Å². The molecule has 0 aliphatic carbocycles. The van der Waals surface area contributed by atoms with Gasteiger partial charge in [0.1, 0.15) is 0 Å². The van der Waals surface area contributed by atoms with Crippen LogP contribution in [0.2, 0.25) is 0 Å². The fourth-order valence-corrected chi connectivity index (χ4v) is 1.86. The first-order valence-electron chi connectivity index (χ1n) is 7.00. The van der Waals surface area contributed by atoms with Crippen LogP contribution in [0.3, 0.4) is 0 Å². The maximum Gasteiger partial charge on any atom is 0.251 e. The normalized spacial score (nSPS) is 10.0. The van der Waals surface area contributed by atoms with Gasteiger partial charge in [-0.05, 0) is 31.3 Å². The second-order valence-corrected chi connectivity index (χ2v) is 4.37.